The second-order valence-electron chi connectivity index (χ2n) is 21.9. The molecule has 13 aromatic carbocycles. The van der Waals surface area contributed by atoms with E-state index >= 15 is 0 Å². The first kappa shape index (κ1) is 48.7. The van der Waals surface area contributed by atoms with Crippen molar-refractivity contribution in [2.75, 3.05) is 9.80 Å². The van der Waals surface area contributed by atoms with Gasteiger partial charge in [-0.2, -0.15) is 5.26 Å². The first-order valence-corrected chi connectivity index (χ1v) is 28.7. The summed E-state index contributed by atoms with van der Waals surface area (Å²) in [5.74, 6) is 0. The third kappa shape index (κ3) is 8.15. The van der Waals surface area contributed by atoms with Gasteiger partial charge in [-0.05, 0) is 163 Å². The first-order chi connectivity index (χ1) is 41.6. The number of hydrogen-bond acceptors (Lipinski definition) is 3. The van der Waals surface area contributed by atoms with Gasteiger partial charge in [0.1, 0.15) is 0 Å². The number of para-hydroxylation sites is 2. The molecular formula is C79H51BN4. The Hall–Kier alpha value is -11.2. The highest BCUT2D eigenvalue weighted by Crippen LogP contribution is 2.48. The van der Waals surface area contributed by atoms with Crippen molar-refractivity contribution in [1.82, 2.24) is 4.57 Å². The van der Waals surface area contributed by atoms with Gasteiger partial charge in [-0.3, -0.25) is 0 Å². The van der Waals surface area contributed by atoms with E-state index in [1.807, 2.05) is 18.2 Å². The van der Waals surface area contributed by atoms with E-state index in [0.29, 0.717) is 5.56 Å². The van der Waals surface area contributed by atoms with Crippen LogP contribution in [0.5, 0.6) is 0 Å². The highest BCUT2D eigenvalue weighted by molar-refractivity contribution is 7.00. The van der Waals surface area contributed by atoms with Gasteiger partial charge in [-0.25, -0.2) is 0 Å². The van der Waals surface area contributed by atoms with Gasteiger partial charge in [0.25, 0.3) is 6.71 Å². The zero-order valence-electron chi connectivity index (χ0n) is 45.8. The average Bonchev–Trinajstić information content (AvgIpc) is 1.45. The molecule has 0 radical (unpaired) electrons. The fourth-order valence-corrected chi connectivity index (χ4v) is 13.3. The molecule has 84 heavy (non-hydrogen) atoms. The predicted octanol–water partition coefficient (Wildman–Crippen LogP) is 18.7. The largest absolute Gasteiger partial charge is 0.311 e. The summed E-state index contributed by atoms with van der Waals surface area (Å²) in [6.07, 6.45) is 0. The summed E-state index contributed by atoms with van der Waals surface area (Å²) >= 11 is 0. The highest BCUT2D eigenvalue weighted by atomic mass is 15.2. The van der Waals surface area contributed by atoms with Crippen LogP contribution < -0.4 is 26.2 Å². The van der Waals surface area contributed by atoms with Crippen LogP contribution in [-0.4, -0.2) is 11.3 Å². The molecule has 0 atom stereocenters. The van der Waals surface area contributed by atoms with Crippen molar-refractivity contribution in [3.63, 3.8) is 0 Å². The zero-order valence-corrected chi connectivity index (χ0v) is 45.8. The fraction of sp³-hybridized carbons (Fsp3) is 0. The number of hydrogen-bond donors (Lipinski definition) is 0. The van der Waals surface area contributed by atoms with Crippen LogP contribution in [0.25, 0.3) is 94.3 Å². The molecule has 0 N–H and O–H groups in total. The molecule has 1 aromatic heterocycles. The van der Waals surface area contributed by atoms with Crippen LogP contribution in [-0.2, 0) is 0 Å². The Labute approximate surface area is 489 Å². The molecule has 0 spiro atoms. The molecule has 0 bridgehead atoms. The Balaban J connectivity index is 0.967. The van der Waals surface area contributed by atoms with Gasteiger partial charge in [-0.15, -0.1) is 0 Å². The molecule has 0 amide bonds. The molecule has 5 heteroatoms. The summed E-state index contributed by atoms with van der Waals surface area (Å²) < 4.78 is 2.40. The molecule has 0 fully saturated rings. The third-order valence-electron chi connectivity index (χ3n) is 17.2. The Bertz CT molecular complexity index is 4690. The quantitative estimate of drug-likeness (QED) is 0.135. The molecular weight excluding hydrogens is 1020 g/mol. The molecule has 2 aliphatic rings. The van der Waals surface area contributed by atoms with Gasteiger partial charge in [0.15, 0.2) is 0 Å². The van der Waals surface area contributed by atoms with Gasteiger partial charge in [0.2, 0.25) is 0 Å². The van der Waals surface area contributed by atoms with Crippen LogP contribution in [0, 0.1) is 11.3 Å². The van der Waals surface area contributed by atoms with Crippen molar-refractivity contribution in [3.05, 3.63) is 315 Å². The molecule has 0 saturated carbocycles. The summed E-state index contributed by atoms with van der Waals surface area (Å²) in [7, 11) is 0. The van der Waals surface area contributed by atoms with Crippen LogP contribution in [0.15, 0.2) is 309 Å². The number of anilines is 6. The smallest absolute Gasteiger partial charge is 0.252 e. The van der Waals surface area contributed by atoms with E-state index in [0.717, 1.165) is 78.5 Å². The van der Waals surface area contributed by atoms with E-state index < -0.39 is 0 Å². The topological polar surface area (TPSA) is 35.2 Å². The Kier molecular flexibility index (Phi) is 11.7. The maximum absolute atomic E-state index is 9.95. The van der Waals surface area contributed by atoms with Gasteiger partial charge < -0.3 is 14.4 Å². The van der Waals surface area contributed by atoms with Crippen molar-refractivity contribution in [2.24, 2.45) is 0 Å². The number of nitrogens with zero attached hydrogens (tertiary/aromatic N) is 4. The van der Waals surface area contributed by atoms with E-state index in [-0.39, 0.29) is 6.71 Å². The number of aromatic nitrogens is 1. The number of rotatable bonds is 9. The molecule has 2 aliphatic heterocycles. The lowest BCUT2D eigenvalue weighted by Crippen LogP contribution is -2.61. The van der Waals surface area contributed by atoms with Gasteiger partial charge >= 0.3 is 0 Å². The molecule has 0 unspecified atom stereocenters. The minimum atomic E-state index is -0.129. The molecule has 4 nitrogen and oxygen atoms in total. The fourth-order valence-electron chi connectivity index (χ4n) is 13.3. The lowest BCUT2D eigenvalue weighted by molar-refractivity contribution is 1.18. The van der Waals surface area contributed by atoms with Crippen molar-refractivity contribution in [2.45, 2.75) is 0 Å². The average molecular weight is 1070 g/mol. The van der Waals surface area contributed by atoms with Crippen LogP contribution in [0.1, 0.15) is 5.56 Å². The lowest BCUT2D eigenvalue weighted by atomic mass is 9.33. The predicted molar refractivity (Wildman–Crippen MR) is 352 cm³/mol. The maximum atomic E-state index is 9.95. The number of fused-ring (bicyclic) bond motifs is 7. The highest BCUT2D eigenvalue weighted by Gasteiger charge is 2.44. The van der Waals surface area contributed by atoms with E-state index in [9.17, 15) is 5.26 Å². The van der Waals surface area contributed by atoms with Crippen LogP contribution in [0.4, 0.5) is 34.1 Å². The van der Waals surface area contributed by atoms with Crippen LogP contribution >= 0.6 is 0 Å². The molecule has 14 aromatic rings. The molecule has 0 aliphatic carbocycles. The van der Waals surface area contributed by atoms with Crippen molar-refractivity contribution < 1.29 is 0 Å². The Morgan fingerprint density at radius 2 is 0.702 bits per heavy atom. The summed E-state index contributed by atoms with van der Waals surface area (Å²) in [6.45, 7) is -0.129. The van der Waals surface area contributed by atoms with Crippen molar-refractivity contribution >= 4 is 79.0 Å². The SMILES string of the molecule is N#Cc1cccc(-c2ccccc2-n2c3ccccc3c3cc(-c4cc5c6c(c4)N(c4ccc(-c7ccccc7)cc4)c4ccc(-c7ccccc7)cc4B6c4cc(-c6ccccc6)ccc4N5c4ccc(-c5ccccc5)cc4)ccc32)c1. The van der Waals surface area contributed by atoms with Gasteiger partial charge in [0.05, 0.1) is 28.4 Å². The summed E-state index contributed by atoms with van der Waals surface area (Å²) in [5.41, 5.74) is 28.1. The van der Waals surface area contributed by atoms with Crippen molar-refractivity contribution in [3.8, 4) is 78.5 Å². The molecule has 16 rings (SSSR count). The zero-order chi connectivity index (χ0) is 55.7. The first-order valence-electron chi connectivity index (χ1n) is 28.7. The summed E-state index contributed by atoms with van der Waals surface area (Å²) in [5, 5.41) is 12.3. The van der Waals surface area contributed by atoms with Crippen molar-refractivity contribution in [1.29, 1.82) is 5.26 Å². The number of nitriles is 1. The van der Waals surface area contributed by atoms with Gasteiger partial charge in [0, 0.05) is 50.5 Å². The van der Waals surface area contributed by atoms with E-state index in [2.05, 4.69) is 312 Å². The monoisotopic (exact) mass is 1070 g/mol. The molecule has 0 saturated heterocycles. The number of benzene rings is 13. The minimum Gasteiger partial charge on any atom is -0.311 e. The standard InChI is InChI=1S/C79H51BN4/c81-52-53-18-17-27-63(46-53)67-28-13-15-30-72(67)84-73-31-16-14-29-68(73)69-47-60(36-43-74(69)84)64-50-77-79-78(51-64)83(66-41-34-59(35-42-66)55-21-7-2-8-22-55)76-45-38-62(57-25-11-4-12-26-57)49-71(76)80(79)70-48-61(56-23-9-3-10-24-56)37-44-75(70)82(77)65-39-32-58(33-40-65)54-19-5-1-6-20-54/h1-51H. The minimum absolute atomic E-state index is 0.129. The second kappa shape index (κ2) is 20.1. The van der Waals surface area contributed by atoms with Crippen LogP contribution in [0.2, 0.25) is 0 Å². The maximum Gasteiger partial charge on any atom is 0.252 e. The van der Waals surface area contributed by atoms with E-state index in [4.69, 9.17) is 0 Å². The molecule has 390 valence electrons. The summed E-state index contributed by atoms with van der Waals surface area (Å²) in [6, 6.07) is 115. The van der Waals surface area contributed by atoms with E-state index in [1.165, 1.54) is 66.3 Å². The third-order valence-corrected chi connectivity index (χ3v) is 17.2. The second-order valence-corrected chi connectivity index (χ2v) is 21.9. The summed E-state index contributed by atoms with van der Waals surface area (Å²) in [4.78, 5) is 5.06. The Morgan fingerprint density at radius 1 is 0.274 bits per heavy atom. The van der Waals surface area contributed by atoms with E-state index in [1.54, 1.807) is 0 Å². The molecule has 3 heterocycles. The normalized spacial score (nSPS) is 12.2. The lowest BCUT2D eigenvalue weighted by Gasteiger charge is -2.44. The Morgan fingerprint density at radius 3 is 1.25 bits per heavy atom. The van der Waals surface area contributed by atoms with Gasteiger partial charge in [-0.1, -0.05) is 224 Å². The van der Waals surface area contributed by atoms with Crippen LogP contribution in [0.3, 0.4) is 0 Å².